The van der Waals surface area contributed by atoms with Crippen LogP contribution < -0.4 is 4.74 Å². The maximum atomic E-state index is 14.3. The van der Waals surface area contributed by atoms with Crippen molar-refractivity contribution in [3.8, 4) is 5.88 Å². The molecule has 0 aliphatic carbocycles. The van der Waals surface area contributed by atoms with Gasteiger partial charge in [0, 0.05) is 24.3 Å². The van der Waals surface area contributed by atoms with Crippen LogP contribution in [0, 0.1) is 11.3 Å². The van der Waals surface area contributed by atoms with Crippen LogP contribution >= 0.6 is 0 Å². The van der Waals surface area contributed by atoms with E-state index in [4.69, 9.17) is 14.2 Å². The van der Waals surface area contributed by atoms with Gasteiger partial charge >= 0.3 is 12.1 Å². The van der Waals surface area contributed by atoms with Crippen molar-refractivity contribution in [3.63, 3.8) is 0 Å². The number of pyridine rings is 1. The lowest BCUT2D eigenvalue weighted by molar-refractivity contribution is -0.159. The van der Waals surface area contributed by atoms with Gasteiger partial charge in [-0.15, -0.1) is 0 Å². The predicted octanol–water partition coefficient (Wildman–Crippen LogP) is 6.42. The van der Waals surface area contributed by atoms with Crippen LogP contribution in [0.4, 0.5) is 13.2 Å². The summed E-state index contributed by atoms with van der Waals surface area (Å²) in [6.45, 7) is 5.67. The van der Waals surface area contributed by atoms with E-state index in [2.05, 4.69) is 4.98 Å². The summed E-state index contributed by atoms with van der Waals surface area (Å²) in [6, 6.07) is 12.0. The molecule has 8 nitrogen and oxygen atoms in total. The van der Waals surface area contributed by atoms with Gasteiger partial charge < -0.3 is 24.2 Å². The molecule has 1 aromatic heterocycles. The Bertz CT molecular complexity index is 1510. The normalized spacial score (nSPS) is 24.4. The molecule has 2 aliphatic rings. The number of carbonyl (C=O) groups is 2. The first-order valence-corrected chi connectivity index (χ1v) is 14.7. The summed E-state index contributed by atoms with van der Waals surface area (Å²) in [5.74, 6) is -2.41. The van der Waals surface area contributed by atoms with E-state index >= 15 is 0 Å². The van der Waals surface area contributed by atoms with E-state index < -0.39 is 59.2 Å². The molecule has 2 aliphatic heterocycles. The smallest absolute Gasteiger partial charge is 0.417 e. The number of ether oxygens (including phenoxy) is 3. The van der Waals surface area contributed by atoms with E-state index in [0.29, 0.717) is 24.8 Å². The standard InChI is InChI=1S/C33H37F3N2O6/c1-32(2,3)25-27(31(40)41)38(30(39)24-14-7-8-15-43-24)26(23-13-9-11-19-10-5-6-12-22(19)23)28(25)44-18-20-16-21(33(34,35)36)17-37-29(20)42-4/h5-6,9-13,16-17,24-28H,7-8,14-15,18H2,1-4H3,(H,40,41)/t24-,25+,26-,27-,28-/m0/s1. The van der Waals surface area contributed by atoms with Gasteiger partial charge in [0.1, 0.15) is 12.1 Å². The molecule has 0 unspecified atom stereocenters. The molecule has 1 N–H and O–H groups in total. The Labute approximate surface area is 254 Å². The van der Waals surface area contributed by atoms with Crippen molar-refractivity contribution >= 4 is 22.6 Å². The van der Waals surface area contributed by atoms with Gasteiger partial charge in [0.15, 0.2) is 0 Å². The van der Waals surface area contributed by atoms with E-state index in [9.17, 15) is 27.9 Å². The Hall–Kier alpha value is -3.70. The molecule has 0 radical (unpaired) electrons. The summed E-state index contributed by atoms with van der Waals surface area (Å²) in [4.78, 5) is 32.7. The summed E-state index contributed by atoms with van der Waals surface area (Å²) < 4.78 is 58.5. The number of benzene rings is 2. The lowest BCUT2D eigenvalue weighted by Gasteiger charge is -2.35. The first-order chi connectivity index (χ1) is 20.8. The van der Waals surface area contributed by atoms with Crippen LogP contribution in [-0.2, 0) is 31.8 Å². The number of carbonyl (C=O) groups excluding carboxylic acids is 1. The largest absolute Gasteiger partial charge is 0.481 e. The molecule has 11 heteroatoms. The van der Waals surface area contributed by atoms with Gasteiger partial charge in [-0.25, -0.2) is 9.78 Å². The Morgan fingerprint density at radius 2 is 1.82 bits per heavy atom. The molecule has 0 bridgehead atoms. The number of carboxylic acid groups (broad SMARTS) is 1. The molecule has 3 aromatic rings. The number of fused-ring (bicyclic) bond motifs is 1. The molecule has 0 saturated carbocycles. The van der Waals surface area contributed by atoms with Gasteiger partial charge in [-0.2, -0.15) is 13.2 Å². The first kappa shape index (κ1) is 31.7. The SMILES string of the molecule is COc1ncc(C(F)(F)F)cc1CO[C@H]1[C@H](C(C)(C)C)[C@@H](C(=O)O)N(C(=O)[C@@H]2CCCCO2)[C@H]1c1cccc2ccccc12. The Morgan fingerprint density at radius 1 is 1.09 bits per heavy atom. The minimum absolute atomic E-state index is 0.0386. The van der Waals surface area contributed by atoms with Crippen LogP contribution in [0.5, 0.6) is 5.88 Å². The van der Waals surface area contributed by atoms with E-state index in [1.54, 1.807) is 0 Å². The molecule has 44 heavy (non-hydrogen) atoms. The Balaban J connectivity index is 1.68. The van der Waals surface area contributed by atoms with Crippen LogP contribution in [0.2, 0.25) is 0 Å². The molecular weight excluding hydrogens is 577 g/mol. The zero-order chi connectivity index (χ0) is 31.8. The molecule has 1 amide bonds. The summed E-state index contributed by atoms with van der Waals surface area (Å²) in [6.07, 6.45) is -3.64. The molecule has 2 aromatic carbocycles. The first-order valence-electron chi connectivity index (χ1n) is 14.7. The number of rotatable bonds is 7. The van der Waals surface area contributed by atoms with Crippen molar-refractivity contribution < 1.29 is 42.1 Å². The number of hydrogen-bond donors (Lipinski definition) is 1. The fourth-order valence-corrected chi connectivity index (χ4v) is 6.65. The second-order valence-corrected chi connectivity index (χ2v) is 12.5. The summed E-state index contributed by atoms with van der Waals surface area (Å²) in [5, 5.41) is 12.4. The van der Waals surface area contributed by atoms with Crippen molar-refractivity contribution in [2.45, 2.75) is 77.1 Å². The Morgan fingerprint density at radius 3 is 2.45 bits per heavy atom. The number of carboxylic acids is 1. The molecule has 236 valence electrons. The van der Waals surface area contributed by atoms with E-state index in [1.807, 2.05) is 63.2 Å². The minimum Gasteiger partial charge on any atom is -0.481 e. The lowest BCUT2D eigenvalue weighted by atomic mass is 9.73. The molecule has 3 heterocycles. The molecule has 2 saturated heterocycles. The van der Waals surface area contributed by atoms with Crippen molar-refractivity contribution in [2.24, 2.45) is 11.3 Å². The number of amides is 1. The van der Waals surface area contributed by atoms with E-state index in [1.165, 1.54) is 12.0 Å². The van der Waals surface area contributed by atoms with Crippen LogP contribution in [0.1, 0.15) is 62.8 Å². The van der Waals surface area contributed by atoms with Crippen LogP contribution in [0.25, 0.3) is 10.8 Å². The number of methoxy groups -OCH3 is 1. The highest BCUT2D eigenvalue weighted by Gasteiger charge is 2.59. The van der Waals surface area contributed by atoms with E-state index in [0.717, 1.165) is 29.7 Å². The lowest BCUT2D eigenvalue weighted by Crippen LogP contribution is -2.51. The highest BCUT2D eigenvalue weighted by molar-refractivity contribution is 5.91. The number of likely N-dealkylation sites (tertiary alicyclic amines) is 1. The quantitative estimate of drug-likeness (QED) is 0.328. The van der Waals surface area contributed by atoms with Gasteiger partial charge in [0.2, 0.25) is 5.88 Å². The fourth-order valence-electron chi connectivity index (χ4n) is 6.65. The average molecular weight is 615 g/mol. The number of nitrogens with zero attached hydrogens (tertiary/aromatic N) is 2. The zero-order valence-corrected chi connectivity index (χ0v) is 25.1. The number of aromatic nitrogens is 1. The summed E-state index contributed by atoms with van der Waals surface area (Å²) in [5.41, 5.74) is -0.922. The third-order valence-electron chi connectivity index (χ3n) is 8.59. The van der Waals surface area contributed by atoms with Gasteiger partial charge in [-0.1, -0.05) is 63.2 Å². The molecular formula is C33H37F3N2O6. The average Bonchev–Trinajstić information content (AvgIpc) is 3.35. The third-order valence-corrected chi connectivity index (χ3v) is 8.59. The monoisotopic (exact) mass is 614 g/mol. The summed E-state index contributed by atoms with van der Waals surface area (Å²) in [7, 11) is 1.30. The van der Waals surface area contributed by atoms with Crippen molar-refractivity contribution in [3.05, 3.63) is 71.4 Å². The minimum atomic E-state index is -4.64. The zero-order valence-electron chi connectivity index (χ0n) is 25.1. The highest BCUT2D eigenvalue weighted by atomic mass is 19.4. The molecule has 2 fully saturated rings. The number of halogens is 3. The molecule has 0 spiro atoms. The molecule has 5 rings (SSSR count). The van der Waals surface area contributed by atoms with Crippen molar-refractivity contribution in [2.75, 3.05) is 13.7 Å². The number of alkyl halides is 3. The van der Waals surface area contributed by atoms with Gasteiger partial charge in [-0.05, 0) is 47.1 Å². The maximum absolute atomic E-state index is 14.3. The van der Waals surface area contributed by atoms with Gasteiger partial charge in [-0.3, -0.25) is 4.79 Å². The van der Waals surface area contributed by atoms with Crippen molar-refractivity contribution in [1.82, 2.24) is 9.88 Å². The van der Waals surface area contributed by atoms with Crippen LogP contribution in [0.3, 0.4) is 0 Å². The van der Waals surface area contributed by atoms with Crippen molar-refractivity contribution in [1.29, 1.82) is 0 Å². The fraction of sp³-hybridized carbons (Fsp3) is 0.485. The van der Waals surface area contributed by atoms with E-state index in [-0.39, 0.29) is 18.1 Å². The number of aliphatic carboxylic acids is 1. The summed E-state index contributed by atoms with van der Waals surface area (Å²) >= 11 is 0. The van der Waals surface area contributed by atoms with Crippen LogP contribution in [-0.4, -0.2) is 58.8 Å². The van der Waals surface area contributed by atoms with Gasteiger partial charge in [0.05, 0.1) is 31.4 Å². The molecule has 5 atom stereocenters. The third kappa shape index (κ3) is 6.12. The topological polar surface area (TPSA) is 98.2 Å². The predicted molar refractivity (Wildman–Crippen MR) is 156 cm³/mol. The Kier molecular flexibility index (Phi) is 8.91. The second kappa shape index (κ2) is 12.4. The highest BCUT2D eigenvalue weighted by Crippen LogP contribution is 2.51. The van der Waals surface area contributed by atoms with Gasteiger partial charge in [0.25, 0.3) is 5.91 Å². The second-order valence-electron chi connectivity index (χ2n) is 12.5. The van der Waals surface area contributed by atoms with Crippen LogP contribution in [0.15, 0.2) is 54.7 Å². The maximum Gasteiger partial charge on any atom is 0.417 e. The number of hydrogen-bond acceptors (Lipinski definition) is 6.